The molecule has 0 aliphatic carbocycles. The van der Waals surface area contributed by atoms with Gasteiger partial charge in [-0.3, -0.25) is 24.4 Å². The summed E-state index contributed by atoms with van der Waals surface area (Å²) in [5.74, 6) is -1.04. The van der Waals surface area contributed by atoms with E-state index in [4.69, 9.17) is 0 Å². The van der Waals surface area contributed by atoms with E-state index in [1.165, 1.54) is 6.07 Å². The number of amides is 3. The number of hydrogen-bond donors (Lipinski definition) is 2. The smallest absolute Gasteiger partial charge is 0.272 e. The molecular weight excluding hydrogens is 535 g/mol. The highest BCUT2D eigenvalue weighted by Gasteiger charge is 2.50. The van der Waals surface area contributed by atoms with E-state index in [0.29, 0.717) is 47.8 Å². The van der Waals surface area contributed by atoms with Crippen LogP contribution < -0.4 is 5.32 Å². The van der Waals surface area contributed by atoms with Crippen LogP contribution in [0.15, 0.2) is 60.8 Å². The molecule has 42 heavy (non-hydrogen) atoms. The van der Waals surface area contributed by atoms with Gasteiger partial charge < -0.3 is 20.1 Å². The number of nitrogens with zero attached hydrogens (tertiary/aromatic N) is 4. The Morgan fingerprint density at radius 2 is 1.76 bits per heavy atom. The summed E-state index contributed by atoms with van der Waals surface area (Å²) in [4.78, 5) is 55.8. The molecule has 216 valence electrons. The molecule has 2 fully saturated rings. The summed E-state index contributed by atoms with van der Waals surface area (Å²) >= 11 is 0. The summed E-state index contributed by atoms with van der Waals surface area (Å²) in [6.07, 6.45) is 2.25. The normalized spacial score (nSPS) is 18.9. The van der Waals surface area contributed by atoms with E-state index < -0.39 is 11.5 Å². The first-order valence-electron chi connectivity index (χ1n) is 14.1. The zero-order chi connectivity index (χ0) is 29.8. The Morgan fingerprint density at radius 1 is 1.02 bits per heavy atom. The second-order valence-electron chi connectivity index (χ2n) is 12.2. The minimum Gasteiger partial charge on any atom is -0.351 e. The molecule has 9 nitrogen and oxygen atoms in total. The molecule has 5 heterocycles. The summed E-state index contributed by atoms with van der Waals surface area (Å²) in [5.41, 5.74) is 2.61. The summed E-state index contributed by atoms with van der Waals surface area (Å²) in [5, 5.41) is 3.90. The molecule has 2 bridgehead atoms. The van der Waals surface area contributed by atoms with Crippen LogP contribution in [0, 0.1) is 18.2 Å². The number of nitrogens with one attached hydrogen (secondary N) is 2. The average molecular weight is 569 g/mol. The highest BCUT2D eigenvalue weighted by Crippen LogP contribution is 2.34. The Kier molecular flexibility index (Phi) is 6.79. The number of hydrogen-bond acceptors (Lipinski definition) is 5. The standard InChI is InChI=1S/C32H33FN6O3/c1-18-23(33)10-12-25(35-18)20-9-11-26(34-15-20)30(41)38-16-22-14-21(38)17-39(22)31(42)28(32(2,3)4)37-29(40)27-13-19-7-5-6-8-24(19)36-27/h5-13,15,21-22,28,36H,14,16-17H2,1-4H3,(H,37,40)/t21?,22-,28+/m0/s1. The minimum atomic E-state index is -0.738. The summed E-state index contributed by atoms with van der Waals surface area (Å²) in [6.45, 7) is 8.21. The number of benzene rings is 1. The van der Waals surface area contributed by atoms with Gasteiger partial charge in [-0.15, -0.1) is 0 Å². The fraction of sp³-hybridized carbons (Fsp3) is 0.344. The molecule has 0 spiro atoms. The molecule has 2 aliphatic heterocycles. The number of H-pyrrole nitrogens is 1. The van der Waals surface area contributed by atoms with Crippen LogP contribution in [-0.4, -0.2) is 73.7 Å². The number of fused-ring (bicyclic) bond motifs is 3. The lowest BCUT2D eigenvalue weighted by molar-refractivity contribution is -0.138. The Bertz CT molecular complexity index is 1660. The molecule has 3 aromatic heterocycles. The molecule has 10 heteroatoms. The number of halogens is 1. The third-order valence-electron chi connectivity index (χ3n) is 8.25. The third kappa shape index (κ3) is 5.01. The number of aromatic nitrogens is 3. The number of para-hydroxylation sites is 1. The molecule has 1 aromatic carbocycles. The summed E-state index contributed by atoms with van der Waals surface area (Å²) in [7, 11) is 0. The van der Waals surface area contributed by atoms with E-state index in [1.54, 1.807) is 42.3 Å². The molecule has 2 aliphatic rings. The number of carbonyl (C=O) groups excluding carboxylic acids is 3. The molecule has 0 saturated carbocycles. The van der Waals surface area contributed by atoms with Crippen molar-refractivity contribution in [3.05, 3.63) is 83.7 Å². The van der Waals surface area contributed by atoms with E-state index in [0.717, 1.165) is 10.9 Å². The fourth-order valence-corrected chi connectivity index (χ4v) is 5.93. The highest BCUT2D eigenvalue weighted by molar-refractivity contribution is 6.00. The lowest BCUT2D eigenvalue weighted by Gasteiger charge is -2.39. The fourth-order valence-electron chi connectivity index (χ4n) is 5.93. The predicted octanol–water partition coefficient (Wildman–Crippen LogP) is 4.34. The summed E-state index contributed by atoms with van der Waals surface area (Å²) in [6, 6.07) is 14.8. The SMILES string of the molecule is Cc1nc(-c2ccc(C(=O)N3C[C@@H]4CC3CN4C(=O)[C@@H](NC(=O)c3cc4ccccc4[nH]3)C(C)(C)C)nc2)ccc1F. The zero-order valence-corrected chi connectivity index (χ0v) is 24.0. The Balaban J connectivity index is 1.13. The van der Waals surface area contributed by atoms with E-state index >= 15 is 0 Å². The van der Waals surface area contributed by atoms with Gasteiger partial charge in [0, 0.05) is 35.8 Å². The summed E-state index contributed by atoms with van der Waals surface area (Å²) < 4.78 is 13.6. The van der Waals surface area contributed by atoms with Crippen molar-refractivity contribution in [2.45, 2.75) is 52.2 Å². The van der Waals surface area contributed by atoms with Crippen LogP contribution in [0.25, 0.3) is 22.2 Å². The monoisotopic (exact) mass is 568 g/mol. The number of likely N-dealkylation sites (tertiary alicyclic amines) is 2. The molecule has 2 N–H and O–H groups in total. The van der Waals surface area contributed by atoms with Crippen LogP contribution in [0.5, 0.6) is 0 Å². The molecule has 3 amide bonds. The Labute approximate surface area is 243 Å². The van der Waals surface area contributed by atoms with E-state index in [2.05, 4.69) is 20.3 Å². The second-order valence-corrected chi connectivity index (χ2v) is 12.2. The van der Waals surface area contributed by atoms with Gasteiger partial charge >= 0.3 is 0 Å². The van der Waals surface area contributed by atoms with Gasteiger partial charge in [0.05, 0.1) is 23.5 Å². The van der Waals surface area contributed by atoms with Crippen molar-refractivity contribution in [3.63, 3.8) is 0 Å². The highest BCUT2D eigenvalue weighted by atomic mass is 19.1. The van der Waals surface area contributed by atoms with Gasteiger partial charge in [0.25, 0.3) is 11.8 Å². The van der Waals surface area contributed by atoms with Gasteiger partial charge in [-0.05, 0) is 55.2 Å². The van der Waals surface area contributed by atoms with Crippen molar-refractivity contribution < 1.29 is 18.8 Å². The van der Waals surface area contributed by atoms with E-state index in [1.807, 2.05) is 49.9 Å². The van der Waals surface area contributed by atoms with Gasteiger partial charge in [-0.25, -0.2) is 4.39 Å². The van der Waals surface area contributed by atoms with Crippen LogP contribution in [0.3, 0.4) is 0 Å². The number of carbonyl (C=O) groups is 3. The van der Waals surface area contributed by atoms with Gasteiger partial charge in [0.2, 0.25) is 5.91 Å². The topological polar surface area (TPSA) is 111 Å². The van der Waals surface area contributed by atoms with Crippen LogP contribution in [0.1, 0.15) is 53.9 Å². The van der Waals surface area contributed by atoms with Gasteiger partial charge in [-0.1, -0.05) is 39.0 Å². The van der Waals surface area contributed by atoms with E-state index in [9.17, 15) is 18.8 Å². The van der Waals surface area contributed by atoms with Crippen LogP contribution >= 0.6 is 0 Å². The largest absolute Gasteiger partial charge is 0.351 e. The Morgan fingerprint density at radius 3 is 2.40 bits per heavy atom. The molecule has 3 atom stereocenters. The molecule has 0 radical (unpaired) electrons. The van der Waals surface area contributed by atoms with Gasteiger partial charge in [0.1, 0.15) is 23.2 Å². The van der Waals surface area contributed by atoms with Crippen molar-refractivity contribution in [2.24, 2.45) is 5.41 Å². The zero-order valence-electron chi connectivity index (χ0n) is 24.0. The molecule has 2 saturated heterocycles. The molecular formula is C32H33FN6O3. The molecule has 6 rings (SSSR count). The maximum absolute atomic E-state index is 13.8. The Hall–Kier alpha value is -4.60. The van der Waals surface area contributed by atoms with Crippen molar-refractivity contribution in [2.75, 3.05) is 13.1 Å². The average Bonchev–Trinajstić information content (AvgIpc) is 3.70. The first-order valence-corrected chi connectivity index (χ1v) is 14.1. The first-order chi connectivity index (χ1) is 20.0. The number of aryl methyl sites for hydroxylation is 1. The van der Waals surface area contributed by atoms with Gasteiger partial charge in [-0.2, -0.15) is 0 Å². The first kappa shape index (κ1) is 27.6. The number of rotatable bonds is 5. The van der Waals surface area contributed by atoms with Crippen LogP contribution in [0.4, 0.5) is 4.39 Å². The van der Waals surface area contributed by atoms with Crippen molar-refractivity contribution >= 4 is 28.6 Å². The maximum atomic E-state index is 13.8. The lowest BCUT2D eigenvalue weighted by atomic mass is 9.85. The number of aromatic amines is 1. The van der Waals surface area contributed by atoms with Crippen LogP contribution in [0.2, 0.25) is 0 Å². The van der Waals surface area contributed by atoms with E-state index in [-0.39, 0.29) is 35.6 Å². The lowest BCUT2D eigenvalue weighted by Crippen LogP contribution is -2.59. The van der Waals surface area contributed by atoms with Crippen LogP contribution in [-0.2, 0) is 4.79 Å². The number of piperazine rings is 1. The van der Waals surface area contributed by atoms with Gasteiger partial charge in [0.15, 0.2) is 0 Å². The van der Waals surface area contributed by atoms with Crippen molar-refractivity contribution in [1.29, 1.82) is 0 Å². The number of pyridine rings is 2. The second kappa shape index (κ2) is 10.3. The maximum Gasteiger partial charge on any atom is 0.272 e. The third-order valence-corrected chi connectivity index (χ3v) is 8.25. The minimum absolute atomic E-state index is 0.126. The molecule has 1 unspecified atom stereocenters. The van der Waals surface area contributed by atoms with Crippen molar-refractivity contribution in [1.82, 2.24) is 30.1 Å². The van der Waals surface area contributed by atoms with Crippen molar-refractivity contribution in [3.8, 4) is 11.3 Å². The predicted molar refractivity (Wildman–Crippen MR) is 156 cm³/mol. The molecule has 4 aromatic rings. The quantitative estimate of drug-likeness (QED) is 0.372.